The summed E-state index contributed by atoms with van der Waals surface area (Å²) >= 11 is 3.44. The molecule has 2 aromatic rings. The molecule has 1 amide bonds. The maximum absolute atomic E-state index is 11.7. The number of ether oxygens (including phenoxy) is 1. The zero-order valence-electron chi connectivity index (χ0n) is 11.2. The number of carbonyl (C=O) groups is 1. The van der Waals surface area contributed by atoms with Gasteiger partial charge in [0.15, 0.2) is 0 Å². The Balaban J connectivity index is 1.97. The lowest BCUT2D eigenvalue weighted by atomic mass is 10.1. The minimum atomic E-state index is -0.0778. The van der Waals surface area contributed by atoms with Gasteiger partial charge < -0.3 is 10.1 Å². The highest BCUT2D eigenvalue weighted by Gasteiger charge is 2.06. The topological polar surface area (TPSA) is 56.1 Å². The Kier molecular flexibility index (Phi) is 5.31. The molecule has 0 radical (unpaired) electrons. The summed E-state index contributed by atoms with van der Waals surface area (Å²) in [6, 6.07) is 7.95. The van der Waals surface area contributed by atoms with Gasteiger partial charge in [-0.2, -0.15) is 5.10 Å². The molecule has 5 nitrogen and oxygen atoms in total. The Morgan fingerprint density at radius 2 is 2.30 bits per heavy atom. The van der Waals surface area contributed by atoms with Gasteiger partial charge in [-0.3, -0.25) is 9.48 Å². The lowest BCUT2D eigenvalue weighted by molar-refractivity contribution is -0.122. The number of rotatable bonds is 6. The van der Waals surface area contributed by atoms with Gasteiger partial charge in [-0.1, -0.05) is 28.1 Å². The fourth-order valence-corrected chi connectivity index (χ4v) is 2.16. The van der Waals surface area contributed by atoms with E-state index >= 15 is 0 Å². The number of aromatic nitrogens is 2. The highest BCUT2D eigenvalue weighted by atomic mass is 79.9. The van der Waals surface area contributed by atoms with Crippen LogP contribution in [-0.2, 0) is 16.1 Å². The second-order valence-corrected chi connectivity index (χ2v) is 5.20. The average Bonchev–Trinajstić information content (AvgIpc) is 2.87. The molecule has 0 fully saturated rings. The lowest BCUT2D eigenvalue weighted by Crippen LogP contribution is -2.30. The van der Waals surface area contributed by atoms with Crippen LogP contribution in [0.15, 0.2) is 41.1 Å². The number of hydrogen-bond acceptors (Lipinski definition) is 3. The van der Waals surface area contributed by atoms with Gasteiger partial charge in [0.25, 0.3) is 0 Å². The third kappa shape index (κ3) is 4.18. The second kappa shape index (κ2) is 7.21. The lowest BCUT2D eigenvalue weighted by Gasteiger charge is -2.04. The minimum Gasteiger partial charge on any atom is -0.383 e. The number of hydrogen-bond donors (Lipinski definition) is 1. The first-order valence-electron chi connectivity index (χ1n) is 6.23. The summed E-state index contributed by atoms with van der Waals surface area (Å²) in [5.74, 6) is -0.0778. The molecule has 2 rings (SSSR count). The maximum Gasteiger partial charge on any atom is 0.241 e. The molecule has 6 heteroatoms. The van der Waals surface area contributed by atoms with E-state index in [1.165, 1.54) is 0 Å². The van der Waals surface area contributed by atoms with Crippen LogP contribution in [0, 0.1) is 0 Å². The first kappa shape index (κ1) is 14.7. The molecule has 1 N–H and O–H groups in total. The number of nitrogens with one attached hydrogen (secondary N) is 1. The predicted molar refractivity (Wildman–Crippen MR) is 80.2 cm³/mol. The van der Waals surface area contributed by atoms with Gasteiger partial charge >= 0.3 is 0 Å². The number of methoxy groups -OCH3 is 1. The van der Waals surface area contributed by atoms with Gasteiger partial charge in [-0.15, -0.1) is 0 Å². The van der Waals surface area contributed by atoms with Crippen molar-refractivity contribution in [3.63, 3.8) is 0 Å². The smallest absolute Gasteiger partial charge is 0.241 e. The van der Waals surface area contributed by atoms with Crippen LogP contribution in [0.1, 0.15) is 0 Å². The highest BCUT2D eigenvalue weighted by molar-refractivity contribution is 9.10. The molecule has 0 saturated heterocycles. The van der Waals surface area contributed by atoms with E-state index in [2.05, 4.69) is 26.3 Å². The molecule has 1 aromatic heterocycles. The van der Waals surface area contributed by atoms with Gasteiger partial charge in [0.05, 0.1) is 12.8 Å². The van der Waals surface area contributed by atoms with Gasteiger partial charge in [-0.05, 0) is 17.7 Å². The third-order valence-corrected chi connectivity index (χ3v) is 3.22. The normalized spacial score (nSPS) is 10.5. The number of halogens is 1. The number of nitrogens with zero attached hydrogens (tertiary/aromatic N) is 2. The van der Waals surface area contributed by atoms with E-state index in [0.717, 1.165) is 15.6 Å². The summed E-state index contributed by atoms with van der Waals surface area (Å²) < 4.78 is 7.51. The van der Waals surface area contributed by atoms with Crippen molar-refractivity contribution in [2.45, 2.75) is 6.54 Å². The molecule has 0 spiro atoms. The molecule has 20 heavy (non-hydrogen) atoms. The van der Waals surface area contributed by atoms with Crippen molar-refractivity contribution in [3.8, 4) is 11.1 Å². The highest BCUT2D eigenvalue weighted by Crippen LogP contribution is 2.22. The van der Waals surface area contributed by atoms with Crippen LogP contribution in [0.25, 0.3) is 11.1 Å². The summed E-state index contributed by atoms with van der Waals surface area (Å²) in [7, 11) is 1.60. The van der Waals surface area contributed by atoms with Gasteiger partial charge in [-0.25, -0.2) is 0 Å². The SMILES string of the molecule is COCCNC(=O)Cn1cc(-c2cccc(Br)c2)cn1. The molecule has 0 aliphatic heterocycles. The Bertz CT molecular complexity index is 583. The van der Waals surface area contributed by atoms with Crippen LogP contribution >= 0.6 is 15.9 Å². The van der Waals surface area contributed by atoms with Gasteiger partial charge in [0.2, 0.25) is 5.91 Å². The standard InChI is InChI=1S/C14H16BrN3O2/c1-20-6-5-16-14(19)10-18-9-12(8-17-18)11-3-2-4-13(15)7-11/h2-4,7-9H,5-6,10H2,1H3,(H,16,19). The van der Waals surface area contributed by atoms with E-state index in [-0.39, 0.29) is 12.5 Å². The van der Waals surface area contributed by atoms with Crippen molar-refractivity contribution < 1.29 is 9.53 Å². The quantitative estimate of drug-likeness (QED) is 0.821. The molecular weight excluding hydrogens is 322 g/mol. The van der Waals surface area contributed by atoms with Crippen LogP contribution in [0.4, 0.5) is 0 Å². The Hall–Kier alpha value is -1.66. The van der Waals surface area contributed by atoms with Gasteiger partial charge in [0, 0.05) is 29.9 Å². The second-order valence-electron chi connectivity index (χ2n) is 4.28. The third-order valence-electron chi connectivity index (χ3n) is 2.73. The van der Waals surface area contributed by atoms with Crippen molar-refractivity contribution in [3.05, 3.63) is 41.1 Å². The average molecular weight is 338 g/mol. The Morgan fingerprint density at radius 1 is 1.45 bits per heavy atom. The van der Waals surface area contributed by atoms with Crippen LogP contribution in [0.3, 0.4) is 0 Å². The molecule has 0 aliphatic rings. The summed E-state index contributed by atoms with van der Waals surface area (Å²) in [6.07, 6.45) is 3.61. The molecule has 1 heterocycles. The largest absolute Gasteiger partial charge is 0.383 e. The summed E-state index contributed by atoms with van der Waals surface area (Å²) in [6.45, 7) is 1.22. The fraction of sp³-hybridized carbons (Fsp3) is 0.286. The van der Waals surface area contributed by atoms with E-state index in [9.17, 15) is 4.79 Å². The molecule has 106 valence electrons. The van der Waals surface area contributed by atoms with Crippen LogP contribution in [0.2, 0.25) is 0 Å². The summed E-state index contributed by atoms with van der Waals surface area (Å²) in [5.41, 5.74) is 2.04. The van der Waals surface area contributed by atoms with Gasteiger partial charge in [0.1, 0.15) is 6.54 Å². The van der Waals surface area contributed by atoms with Crippen molar-refractivity contribution in [1.29, 1.82) is 0 Å². The van der Waals surface area contributed by atoms with Crippen molar-refractivity contribution >= 4 is 21.8 Å². The Labute approximate surface area is 126 Å². The number of benzene rings is 1. The van der Waals surface area contributed by atoms with Crippen LogP contribution in [0.5, 0.6) is 0 Å². The van der Waals surface area contributed by atoms with E-state index < -0.39 is 0 Å². The van der Waals surface area contributed by atoms with E-state index in [1.807, 2.05) is 30.5 Å². The molecular formula is C14H16BrN3O2. The van der Waals surface area contributed by atoms with Crippen molar-refractivity contribution in [2.24, 2.45) is 0 Å². The van der Waals surface area contributed by atoms with Crippen LogP contribution in [-0.4, -0.2) is 35.9 Å². The zero-order chi connectivity index (χ0) is 14.4. The molecule has 0 atom stereocenters. The predicted octanol–water partition coefficient (Wildman–Crippen LogP) is 2.08. The van der Waals surface area contributed by atoms with E-state index in [0.29, 0.717) is 13.2 Å². The molecule has 0 saturated carbocycles. The monoisotopic (exact) mass is 337 g/mol. The Morgan fingerprint density at radius 3 is 3.05 bits per heavy atom. The van der Waals surface area contributed by atoms with Crippen LogP contribution < -0.4 is 5.32 Å². The first-order valence-corrected chi connectivity index (χ1v) is 7.02. The number of amides is 1. The zero-order valence-corrected chi connectivity index (χ0v) is 12.8. The number of carbonyl (C=O) groups excluding carboxylic acids is 1. The van der Waals surface area contributed by atoms with E-state index in [1.54, 1.807) is 18.0 Å². The molecule has 1 aromatic carbocycles. The van der Waals surface area contributed by atoms with Crippen molar-refractivity contribution in [1.82, 2.24) is 15.1 Å². The molecule has 0 aliphatic carbocycles. The molecule has 0 bridgehead atoms. The maximum atomic E-state index is 11.7. The van der Waals surface area contributed by atoms with Crippen molar-refractivity contribution in [2.75, 3.05) is 20.3 Å². The van der Waals surface area contributed by atoms with E-state index in [4.69, 9.17) is 4.74 Å². The fourth-order valence-electron chi connectivity index (χ4n) is 1.76. The molecule has 0 unspecified atom stereocenters. The minimum absolute atomic E-state index is 0.0778. The first-order chi connectivity index (χ1) is 9.69. The summed E-state index contributed by atoms with van der Waals surface area (Å²) in [4.78, 5) is 11.7. The summed E-state index contributed by atoms with van der Waals surface area (Å²) in [5, 5.41) is 6.96.